The van der Waals surface area contributed by atoms with Crippen LogP contribution in [0, 0.1) is 18.3 Å². The van der Waals surface area contributed by atoms with Gasteiger partial charge in [-0.05, 0) is 25.5 Å². The van der Waals surface area contributed by atoms with Gasteiger partial charge in [-0.1, -0.05) is 19.1 Å². The molecule has 0 fully saturated rings. The zero-order valence-electron chi connectivity index (χ0n) is 11.1. The fourth-order valence-electron chi connectivity index (χ4n) is 1.92. The molecule has 0 aliphatic heterocycles. The summed E-state index contributed by atoms with van der Waals surface area (Å²) in [6.45, 7) is 4.75. The van der Waals surface area contributed by atoms with E-state index in [4.69, 9.17) is 11.0 Å². The van der Waals surface area contributed by atoms with Crippen molar-refractivity contribution in [3.05, 3.63) is 35.5 Å². The second kappa shape index (κ2) is 5.44. The van der Waals surface area contributed by atoms with Crippen LogP contribution in [0.3, 0.4) is 0 Å². The minimum atomic E-state index is 0.587. The number of nitrogen functional groups attached to an aromatic ring is 1. The topological polar surface area (TPSA) is 79.7 Å². The molecule has 0 radical (unpaired) electrons. The van der Waals surface area contributed by atoms with E-state index in [2.05, 4.69) is 23.4 Å². The lowest BCUT2D eigenvalue weighted by atomic mass is 10.2. The van der Waals surface area contributed by atoms with Gasteiger partial charge in [0.2, 0.25) is 0 Å². The number of nitrogens with zero attached hydrogens (tertiary/aromatic N) is 3. The third-order valence-electron chi connectivity index (χ3n) is 2.91. The van der Waals surface area contributed by atoms with E-state index in [0.717, 1.165) is 30.2 Å². The van der Waals surface area contributed by atoms with Crippen LogP contribution in [0.5, 0.6) is 0 Å². The van der Waals surface area contributed by atoms with Crippen molar-refractivity contribution < 1.29 is 0 Å². The zero-order valence-corrected chi connectivity index (χ0v) is 11.1. The molecule has 2 aromatic rings. The minimum absolute atomic E-state index is 0.587. The fraction of sp³-hybridized carbons (Fsp3) is 0.286. The molecule has 0 bridgehead atoms. The molecule has 5 nitrogen and oxygen atoms in total. The van der Waals surface area contributed by atoms with Crippen molar-refractivity contribution >= 4 is 17.2 Å². The Labute approximate surface area is 112 Å². The normalized spacial score (nSPS) is 10.2. The molecule has 0 saturated heterocycles. The van der Waals surface area contributed by atoms with E-state index in [1.54, 1.807) is 6.07 Å². The van der Waals surface area contributed by atoms with Gasteiger partial charge in [-0.2, -0.15) is 10.4 Å². The van der Waals surface area contributed by atoms with Crippen LogP contribution < -0.4 is 11.1 Å². The second-order valence-electron chi connectivity index (χ2n) is 4.35. The largest absolute Gasteiger partial charge is 0.394 e. The molecule has 3 N–H and O–H groups in total. The number of aryl methyl sites for hydroxylation is 2. The van der Waals surface area contributed by atoms with Crippen LogP contribution in [0.1, 0.15) is 24.6 Å². The molecule has 98 valence electrons. The molecule has 0 atom stereocenters. The van der Waals surface area contributed by atoms with Gasteiger partial charge in [0, 0.05) is 6.54 Å². The molecule has 0 saturated carbocycles. The number of aromatic nitrogens is 2. The van der Waals surface area contributed by atoms with Crippen molar-refractivity contribution in [1.29, 1.82) is 5.26 Å². The van der Waals surface area contributed by atoms with Gasteiger partial charge in [-0.3, -0.25) is 0 Å². The first-order valence-electron chi connectivity index (χ1n) is 6.26. The van der Waals surface area contributed by atoms with Crippen LogP contribution in [-0.2, 0) is 6.54 Å². The van der Waals surface area contributed by atoms with Crippen LogP contribution >= 0.6 is 0 Å². The Kier molecular flexibility index (Phi) is 3.71. The van der Waals surface area contributed by atoms with E-state index in [0.29, 0.717) is 11.3 Å². The molecule has 2 rings (SSSR count). The Morgan fingerprint density at radius 2 is 2.16 bits per heavy atom. The summed E-state index contributed by atoms with van der Waals surface area (Å²) in [6, 6.07) is 9.50. The Hall–Kier alpha value is -2.48. The van der Waals surface area contributed by atoms with E-state index in [1.165, 1.54) is 0 Å². The number of nitriles is 1. The molecule has 0 amide bonds. The number of hydrogen-bond acceptors (Lipinski definition) is 4. The molecule has 0 spiro atoms. The van der Waals surface area contributed by atoms with Gasteiger partial charge in [0.15, 0.2) is 5.82 Å². The van der Waals surface area contributed by atoms with Gasteiger partial charge in [0.1, 0.15) is 6.07 Å². The third kappa shape index (κ3) is 2.52. The number of rotatable bonds is 4. The minimum Gasteiger partial charge on any atom is -0.394 e. The highest BCUT2D eigenvalue weighted by molar-refractivity contribution is 5.73. The zero-order chi connectivity index (χ0) is 13.8. The second-order valence-corrected chi connectivity index (χ2v) is 4.35. The number of benzene rings is 1. The van der Waals surface area contributed by atoms with Crippen molar-refractivity contribution in [2.24, 2.45) is 0 Å². The van der Waals surface area contributed by atoms with Gasteiger partial charge in [0.25, 0.3) is 0 Å². The number of nitrogens with one attached hydrogen (secondary N) is 1. The summed E-state index contributed by atoms with van der Waals surface area (Å²) in [5.41, 5.74) is 8.80. The molecule has 5 heteroatoms. The summed E-state index contributed by atoms with van der Waals surface area (Å²) in [6.07, 6.45) is 0.967. The molecule has 0 aliphatic rings. The quantitative estimate of drug-likeness (QED) is 0.880. The van der Waals surface area contributed by atoms with Gasteiger partial charge >= 0.3 is 0 Å². The standard InChI is InChI=1S/C14H17N5/c1-3-8-19-14(13(16)10(2)18-19)17-12-7-5-4-6-11(12)9-15/h4-7,17H,3,8,16H2,1-2H3. The Morgan fingerprint density at radius 1 is 1.42 bits per heavy atom. The summed E-state index contributed by atoms with van der Waals surface area (Å²) < 4.78 is 1.85. The third-order valence-corrected chi connectivity index (χ3v) is 2.91. The number of para-hydroxylation sites is 1. The van der Waals surface area contributed by atoms with E-state index >= 15 is 0 Å². The first-order valence-corrected chi connectivity index (χ1v) is 6.26. The van der Waals surface area contributed by atoms with Crippen molar-refractivity contribution in [3.8, 4) is 6.07 Å². The summed E-state index contributed by atoms with van der Waals surface area (Å²) in [4.78, 5) is 0. The van der Waals surface area contributed by atoms with Crippen LogP contribution in [0.4, 0.5) is 17.2 Å². The van der Waals surface area contributed by atoms with Crippen molar-refractivity contribution in [1.82, 2.24) is 9.78 Å². The Balaban J connectivity index is 2.40. The lowest BCUT2D eigenvalue weighted by Crippen LogP contribution is -2.06. The molecule has 19 heavy (non-hydrogen) atoms. The SMILES string of the molecule is CCCn1nc(C)c(N)c1Nc1ccccc1C#N. The van der Waals surface area contributed by atoms with E-state index < -0.39 is 0 Å². The first-order chi connectivity index (χ1) is 9.17. The Morgan fingerprint density at radius 3 is 2.84 bits per heavy atom. The molecule has 0 aliphatic carbocycles. The molecular weight excluding hydrogens is 238 g/mol. The molecule has 1 aromatic heterocycles. The van der Waals surface area contributed by atoms with E-state index in [1.807, 2.05) is 29.8 Å². The van der Waals surface area contributed by atoms with E-state index in [9.17, 15) is 0 Å². The van der Waals surface area contributed by atoms with Gasteiger partial charge in [-0.25, -0.2) is 4.68 Å². The number of nitrogens with two attached hydrogens (primary N) is 1. The smallest absolute Gasteiger partial charge is 0.152 e. The molecular formula is C14H17N5. The van der Waals surface area contributed by atoms with Crippen molar-refractivity contribution in [3.63, 3.8) is 0 Å². The van der Waals surface area contributed by atoms with Crippen LogP contribution in [0.15, 0.2) is 24.3 Å². The maximum Gasteiger partial charge on any atom is 0.152 e. The van der Waals surface area contributed by atoms with E-state index in [-0.39, 0.29) is 0 Å². The highest BCUT2D eigenvalue weighted by Gasteiger charge is 2.13. The predicted octanol–water partition coefficient (Wildman–Crippen LogP) is 2.80. The monoisotopic (exact) mass is 255 g/mol. The molecule has 1 heterocycles. The average molecular weight is 255 g/mol. The highest BCUT2D eigenvalue weighted by Crippen LogP contribution is 2.27. The summed E-state index contributed by atoms with van der Waals surface area (Å²) >= 11 is 0. The first kappa shape index (κ1) is 13.0. The maximum absolute atomic E-state index is 9.10. The van der Waals surface area contributed by atoms with Crippen LogP contribution in [-0.4, -0.2) is 9.78 Å². The predicted molar refractivity (Wildman–Crippen MR) is 76.1 cm³/mol. The summed E-state index contributed by atoms with van der Waals surface area (Å²) in [5.74, 6) is 0.752. The van der Waals surface area contributed by atoms with Gasteiger partial charge in [0.05, 0.1) is 22.6 Å². The highest BCUT2D eigenvalue weighted by atomic mass is 15.3. The molecule has 1 aromatic carbocycles. The summed E-state index contributed by atoms with van der Waals surface area (Å²) in [7, 11) is 0. The molecule has 0 unspecified atom stereocenters. The fourth-order valence-corrected chi connectivity index (χ4v) is 1.92. The summed E-state index contributed by atoms with van der Waals surface area (Å²) in [5, 5.41) is 16.7. The van der Waals surface area contributed by atoms with Crippen molar-refractivity contribution in [2.45, 2.75) is 26.8 Å². The van der Waals surface area contributed by atoms with Crippen LogP contribution in [0.25, 0.3) is 0 Å². The lowest BCUT2D eigenvalue weighted by Gasteiger charge is -2.11. The van der Waals surface area contributed by atoms with Crippen molar-refractivity contribution in [2.75, 3.05) is 11.1 Å². The number of anilines is 3. The maximum atomic E-state index is 9.10. The Bertz CT molecular complexity index is 621. The lowest BCUT2D eigenvalue weighted by molar-refractivity contribution is 0.605. The van der Waals surface area contributed by atoms with Gasteiger partial charge < -0.3 is 11.1 Å². The number of hydrogen-bond donors (Lipinski definition) is 2. The van der Waals surface area contributed by atoms with Crippen LogP contribution in [0.2, 0.25) is 0 Å². The van der Waals surface area contributed by atoms with Gasteiger partial charge in [-0.15, -0.1) is 0 Å². The average Bonchev–Trinajstić information content (AvgIpc) is 2.68.